The van der Waals surface area contributed by atoms with Gasteiger partial charge in [-0.05, 0) is 31.4 Å². The molecule has 0 bridgehead atoms. The highest BCUT2D eigenvalue weighted by molar-refractivity contribution is 5.92. The standard InChI is InChI=1S/C13H22N4O/c1-10(2)8-17(9-11-4-3-6-14-11)13(18)12-5-7-15-16-12/h5,7,10-11,14H,3-4,6,8-9H2,1-2H3,(H,15,16). The summed E-state index contributed by atoms with van der Waals surface area (Å²) < 4.78 is 0. The molecule has 1 aromatic rings. The predicted molar refractivity (Wildman–Crippen MR) is 70.4 cm³/mol. The summed E-state index contributed by atoms with van der Waals surface area (Å²) in [5, 5.41) is 10.0. The van der Waals surface area contributed by atoms with Gasteiger partial charge in [-0.25, -0.2) is 0 Å². The van der Waals surface area contributed by atoms with Gasteiger partial charge in [0.15, 0.2) is 0 Å². The van der Waals surface area contributed by atoms with Crippen LogP contribution in [-0.4, -0.2) is 46.7 Å². The van der Waals surface area contributed by atoms with Crippen LogP contribution < -0.4 is 5.32 Å². The molecule has 1 aliphatic rings. The fourth-order valence-electron chi connectivity index (χ4n) is 2.41. The lowest BCUT2D eigenvalue weighted by atomic mass is 10.1. The van der Waals surface area contributed by atoms with Crippen molar-refractivity contribution in [2.75, 3.05) is 19.6 Å². The highest BCUT2D eigenvalue weighted by atomic mass is 16.2. The van der Waals surface area contributed by atoms with Crippen LogP contribution in [0.5, 0.6) is 0 Å². The molecule has 5 heteroatoms. The topological polar surface area (TPSA) is 61.0 Å². The van der Waals surface area contributed by atoms with E-state index in [1.807, 2.05) is 4.90 Å². The van der Waals surface area contributed by atoms with Gasteiger partial charge < -0.3 is 10.2 Å². The van der Waals surface area contributed by atoms with Crippen molar-refractivity contribution in [2.45, 2.75) is 32.7 Å². The third-order valence-electron chi connectivity index (χ3n) is 3.21. The molecule has 1 saturated heterocycles. The van der Waals surface area contributed by atoms with E-state index in [1.165, 1.54) is 6.42 Å². The Morgan fingerprint density at radius 3 is 3.00 bits per heavy atom. The molecule has 1 atom stereocenters. The first kappa shape index (κ1) is 13.1. The number of amides is 1. The highest BCUT2D eigenvalue weighted by Crippen LogP contribution is 2.11. The predicted octanol–water partition coefficient (Wildman–Crippen LogP) is 1.26. The maximum atomic E-state index is 12.4. The summed E-state index contributed by atoms with van der Waals surface area (Å²) in [6.07, 6.45) is 3.98. The molecule has 0 radical (unpaired) electrons. The van der Waals surface area contributed by atoms with Crippen molar-refractivity contribution < 1.29 is 4.79 Å². The van der Waals surface area contributed by atoms with Crippen LogP contribution in [0, 0.1) is 5.92 Å². The van der Waals surface area contributed by atoms with Gasteiger partial charge in [0.25, 0.3) is 5.91 Å². The monoisotopic (exact) mass is 250 g/mol. The van der Waals surface area contributed by atoms with E-state index >= 15 is 0 Å². The van der Waals surface area contributed by atoms with Crippen LogP contribution >= 0.6 is 0 Å². The summed E-state index contributed by atoms with van der Waals surface area (Å²) in [5.74, 6) is 0.521. The number of rotatable bonds is 5. The number of hydrogen-bond acceptors (Lipinski definition) is 3. The van der Waals surface area contributed by atoms with Gasteiger partial charge in [0.2, 0.25) is 0 Å². The maximum Gasteiger partial charge on any atom is 0.271 e. The van der Waals surface area contributed by atoms with E-state index in [4.69, 9.17) is 0 Å². The fraction of sp³-hybridized carbons (Fsp3) is 0.692. The molecule has 0 spiro atoms. The van der Waals surface area contributed by atoms with Crippen LogP contribution in [0.4, 0.5) is 0 Å². The number of aromatic nitrogens is 2. The molecular formula is C13H22N4O. The van der Waals surface area contributed by atoms with Crippen molar-refractivity contribution in [3.8, 4) is 0 Å². The minimum Gasteiger partial charge on any atom is -0.336 e. The maximum absolute atomic E-state index is 12.4. The summed E-state index contributed by atoms with van der Waals surface area (Å²) in [4.78, 5) is 14.3. The van der Waals surface area contributed by atoms with Gasteiger partial charge in [-0.15, -0.1) is 0 Å². The molecule has 1 amide bonds. The number of H-pyrrole nitrogens is 1. The number of carbonyl (C=O) groups excluding carboxylic acids is 1. The molecule has 1 unspecified atom stereocenters. The van der Waals surface area contributed by atoms with E-state index in [9.17, 15) is 4.79 Å². The zero-order chi connectivity index (χ0) is 13.0. The Morgan fingerprint density at radius 1 is 1.61 bits per heavy atom. The first-order valence-corrected chi connectivity index (χ1v) is 6.69. The third kappa shape index (κ3) is 3.32. The Balaban J connectivity index is 2.01. The molecule has 1 fully saturated rings. The van der Waals surface area contributed by atoms with Gasteiger partial charge in [0.05, 0.1) is 0 Å². The molecule has 0 saturated carbocycles. The van der Waals surface area contributed by atoms with E-state index in [2.05, 4.69) is 29.4 Å². The SMILES string of the molecule is CC(C)CN(CC1CCCN1)C(=O)c1ccn[nH]1. The Morgan fingerprint density at radius 2 is 2.44 bits per heavy atom. The Bertz CT molecular complexity index is 368. The average molecular weight is 250 g/mol. The summed E-state index contributed by atoms with van der Waals surface area (Å²) in [6.45, 7) is 6.91. The fourth-order valence-corrected chi connectivity index (χ4v) is 2.41. The molecule has 2 rings (SSSR count). The zero-order valence-corrected chi connectivity index (χ0v) is 11.1. The minimum atomic E-state index is 0.0508. The Kier molecular flexibility index (Phi) is 4.36. The normalized spacial score (nSPS) is 19.4. The molecular weight excluding hydrogens is 228 g/mol. The molecule has 1 aliphatic heterocycles. The second kappa shape index (κ2) is 6.00. The van der Waals surface area contributed by atoms with Gasteiger partial charge in [-0.3, -0.25) is 9.89 Å². The number of aromatic amines is 1. The van der Waals surface area contributed by atoms with Crippen molar-refractivity contribution in [1.82, 2.24) is 20.4 Å². The number of carbonyl (C=O) groups is 1. The quantitative estimate of drug-likeness (QED) is 0.827. The number of hydrogen-bond donors (Lipinski definition) is 2. The highest BCUT2D eigenvalue weighted by Gasteiger charge is 2.23. The second-order valence-corrected chi connectivity index (χ2v) is 5.37. The third-order valence-corrected chi connectivity index (χ3v) is 3.21. The smallest absolute Gasteiger partial charge is 0.271 e. The molecule has 0 aliphatic carbocycles. The molecule has 18 heavy (non-hydrogen) atoms. The summed E-state index contributed by atoms with van der Waals surface area (Å²) in [6, 6.07) is 2.17. The van der Waals surface area contributed by atoms with Crippen molar-refractivity contribution in [3.05, 3.63) is 18.0 Å². The van der Waals surface area contributed by atoms with Gasteiger partial charge >= 0.3 is 0 Å². The van der Waals surface area contributed by atoms with E-state index in [0.29, 0.717) is 17.7 Å². The van der Waals surface area contributed by atoms with Gasteiger partial charge in [-0.2, -0.15) is 5.10 Å². The first-order chi connectivity index (χ1) is 8.66. The van der Waals surface area contributed by atoms with Gasteiger partial charge in [0, 0.05) is 25.3 Å². The van der Waals surface area contributed by atoms with Crippen molar-refractivity contribution in [2.24, 2.45) is 5.92 Å². The average Bonchev–Trinajstić information content (AvgIpc) is 2.99. The lowest BCUT2D eigenvalue weighted by molar-refractivity contribution is 0.0715. The van der Waals surface area contributed by atoms with Crippen LogP contribution in [0.25, 0.3) is 0 Å². The van der Waals surface area contributed by atoms with E-state index in [1.54, 1.807) is 12.3 Å². The number of nitrogens with one attached hydrogen (secondary N) is 2. The minimum absolute atomic E-state index is 0.0508. The van der Waals surface area contributed by atoms with E-state index in [-0.39, 0.29) is 5.91 Å². The summed E-state index contributed by atoms with van der Waals surface area (Å²) in [5.41, 5.74) is 0.577. The van der Waals surface area contributed by atoms with Crippen LogP contribution in [0.15, 0.2) is 12.3 Å². The molecule has 0 aromatic carbocycles. The molecule has 1 aromatic heterocycles. The lowest BCUT2D eigenvalue weighted by Gasteiger charge is -2.27. The number of nitrogens with zero attached hydrogens (tertiary/aromatic N) is 2. The second-order valence-electron chi connectivity index (χ2n) is 5.37. The van der Waals surface area contributed by atoms with Crippen LogP contribution in [0.3, 0.4) is 0 Å². The Hall–Kier alpha value is -1.36. The lowest BCUT2D eigenvalue weighted by Crippen LogP contribution is -2.43. The zero-order valence-electron chi connectivity index (χ0n) is 11.1. The largest absolute Gasteiger partial charge is 0.336 e. The molecule has 2 N–H and O–H groups in total. The van der Waals surface area contributed by atoms with Crippen LogP contribution in [0.2, 0.25) is 0 Å². The first-order valence-electron chi connectivity index (χ1n) is 6.69. The molecule has 5 nitrogen and oxygen atoms in total. The van der Waals surface area contributed by atoms with Crippen LogP contribution in [0.1, 0.15) is 37.2 Å². The van der Waals surface area contributed by atoms with Crippen molar-refractivity contribution in [3.63, 3.8) is 0 Å². The Labute approximate surface area is 108 Å². The molecule has 100 valence electrons. The summed E-state index contributed by atoms with van der Waals surface area (Å²) in [7, 11) is 0. The van der Waals surface area contributed by atoms with Gasteiger partial charge in [0.1, 0.15) is 5.69 Å². The van der Waals surface area contributed by atoms with Crippen molar-refractivity contribution in [1.29, 1.82) is 0 Å². The van der Waals surface area contributed by atoms with E-state index < -0.39 is 0 Å². The van der Waals surface area contributed by atoms with E-state index in [0.717, 1.165) is 26.1 Å². The van der Waals surface area contributed by atoms with Gasteiger partial charge in [-0.1, -0.05) is 13.8 Å². The van der Waals surface area contributed by atoms with Crippen LogP contribution in [-0.2, 0) is 0 Å². The summed E-state index contributed by atoms with van der Waals surface area (Å²) >= 11 is 0. The molecule has 2 heterocycles. The van der Waals surface area contributed by atoms with Crippen molar-refractivity contribution >= 4 is 5.91 Å².